The molecule has 1 rings (SSSR count). The number of amides is 1. The van der Waals surface area contributed by atoms with E-state index in [1.165, 1.54) is 0 Å². The first-order chi connectivity index (χ1) is 9.39. The van der Waals surface area contributed by atoms with Crippen molar-refractivity contribution in [3.63, 3.8) is 0 Å². The lowest BCUT2D eigenvalue weighted by Crippen LogP contribution is -2.41. The van der Waals surface area contributed by atoms with Crippen LogP contribution in [-0.4, -0.2) is 44.0 Å². The quantitative estimate of drug-likeness (QED) is 0.795. The third-order valence-electron chi connectivity index (χ3n) is 3.14. The third kappa shape index (κ3) is 4.83. The summed E-state index contributed by atoms with van der Waals surface area (Å²) in [5.74, 6) is 0.435. The molecule has 0 aliphatic heterocycles. The minimum atomic E-state index is -0.986. The summed E-state index contributed by atoms with van der Waals surface area (Å²) in [7, 11) is 3.15. The van der Waals surface area contributed by atoms with E-state index >= 15 is 0 Å². The van der Waals surface area contributed by atoms with Gasteiger partial charge in [-0.05, 0) is 31.5 Å². The summed E-state index contributed by atoms with van der Waals surface area (Å²) in [6.07, 6.45) is 0.459. The Kier molecular flexibility index (Phi) is 5.98. The molecule has 0 radical (unpaired) electrons. The molecule has 1 aromatic carbocycles. The summed E-state index contributed by atoms with van der Waals surface area (Å²) >= 11 is 0. The molecule has 1 amide bonds. The van der Waals surface area contributed by atoms with Gasteiger partial charge in [0.1, 0.15) is 5.75 Å². The van der Waals surface area contributed by atoms with Crippen LogP contribution in [0, 0.1) is 6.92 Å². The maximum atomic E-state index is 12.0. The van der Waals surface area contributed by atoms with Crippen molar-refractivity contribution in [1.29, 1.82) is 0 Å². The number of methoxy groups -OCH3 is 2. The molecule has 0 aromatic heterocycles. The van der Waals surface area contributed by atoms with Crippen LogP contribution in [0.3, 0.4) is 0 Å². The number of aliphatic hydroxyl groups is 1. The molecule has 0 bridgehead atoms. The number of aryl methyl sites for hydroxylation is 1. The Morgan fingerprint density at radius 2 is 2.10 bits per heavy atom. The van der Waals surface area contributed by atoms with E-state index in [-0.39, 0.29) is 12.5 Å². The monoisotopic (exact) mass is 281 g/mol. The molecule has 1 unspecified atom stereocenters. The van der Waals surface area contributed by atoms with Crippen LogP contribution in [0.15, 0.2) is 18.2 Å². The zero-order chi connectivity index (χ0) is 15.2. The lowest BCUT2D eigenvalue weighted by Gasteiger charge is -2.23. The average Bonchev–Trinajstić information content (AvgIpc) is 2.43. The predicted molar refractivity (Wildman–Crippen MR) is 77.2 cm³/mol. The van der Waals surface area contributed by atoms with Crippen LogP contribution < -0.4 is 10.1 Å². The van der Waals surface area contributed by atoms with Gasteiger partial charge in [0, 0.05) is 32.2 Å². The van der Waals surface area contributed by atoms with Crippen molar-refractivity contribution in [2.75, 3.05) is 27.4 Å². The van der Waals surface area contributed by atoms with Gasteiger partial charge in [0.2, 0.25) is 0 Å². The molecule has 0 saturated heterocycles. The second-order valence-electron chi connectivity index (χ2n) is 5.11. The van der Waals surface area contributed by atoms with Crippen LogP contribution in [0.4, 0.5) is 0 Å². The molecule has 0 spiro atoms. The van der Waals surface area contributed by atoms with Crippen molar-refractivity contribution in [3.05, 3.63) is 29.3 Å². The Labute approximate surface area is 119 Å². The van der Waals surface area contributed by atoms with Gasteiger partial charge in [-0.1, -0.05) is 6.07 Å². The minimum absolute atomic E-state index is 0.172. The van der Waals surface area contributed by atoms with Crippen LogP contribution in [0.5, 0.6) is 5.75 Å². The topological polar surface area (TPSA) is 67.8 Å². The zero-order valence-electron chi connectivity index (χ0n) is 12.5. The normalized spacial score (nSPS) is 13.7. The Hall–Kier alpha value is -1.59. The van der Waals surface area contributed by atoms with Gasteiger partial charge in [-0.15, -0.1) is 0 Å². The van der Waals surface area contributed by atoms with E-state index in [1.807, 2.05) is 13.0 Å². The SMILES string of the molecule is COCCC(C)(O)CNC(=O)c1ccc(C)c(OC)c1. The molecule has 0 saturated carbocycles. The number of rotatable bonds is 7. The molecule has 5 heteroatoms. The van der Waals surface area contributed by atoms with Crippen molar-refractivity contribution in [1.82, 2.24) is 5.32 Å². The molecule has 0 heterocycles. The number of nitrogens with one attached hydrogen (secondary N) is 1. The van der Waals surface area contributed by atoms with Crippen molar-refractivity contribution >= 4 is 5.91 Å². The van der Waals surface area contributed by atoms with E-state index in [0.717, 1.165) is 5.56 Å². The predicted octanol–water partition coefficient (Wildman–Crippen LogP) is 1.52. The van der Waals surface area contributed by atoms with Gasteiger partial charge >= 0.3 is 0 Å². The fourth-order valence-corrected chi connectivity index (χ4v) is 1.74. The van der Waals surface area contributed by atoms with Gasteiger partial charge in [-0.2, -0.15) is 0 Å². The minimum Gasteiger partial charge on any atom is -0.496 e. The third-order valence-corrected chi connectivity index (χ3v) is 3.14. The molecule has 0 aliphatic rings. The summed E-state index contributed by atoms with van der Waals surface area (Å²) in [5.41, 5.74) is 0.492. The molecular formula is C15H23NO4. The van der Waals surface area contributed by atoms with Gasteiger partial charge in [-0.3, -0.25) is 4.79 Å². The highest BCUT2D eigenvalue weighted by Crippen LogP contribution is 2.19. The summed E-state index contributed by atoms with van der Waals surface area (Å²) in [4.78, 5) is 12.0. The lowest BCUT2D eigenvalue weighted by atomic mass is 10.0. The van der Waals surface area contributed by atoms with Crippen LogP contribution in [0.25, 0.3) is 0 Å². The summed E-state index contributed by atoms with van der Waals surface area (Å²) in [6.45, 7) is 4.20. The fourth-order valence-electron chi connectivity index (χ4n) is 1.74. The number of carbonyl (C=O) groups is 1. The summed E-state index contributed by atoms with van der Waals surface area (Å²) in [6, 6.07) is 5.25. The van der Waals surface area contributed by atoms with Crippen molar-refractivity contribution in [2.24, 2.45) is 0 Å². The molecule has 1 aromatic rings. The van der Waals surface area contributed by atoms with E-state index in [0.29, 0.717) is 24.3 Å². The maximum Gasteiger partial charge on any atom is 0.251 e. The number of hydrogen-bond donors (Lipinski definition) is 2. The van der Waals surface area contributed by atoms with Crippen LogP contribution in [-0.2, 0) is 4.74 Å². The second kappa shape index (κ2) is 7.26. The highest BCUT2D eigenvalue weighted by molar-refractivity contribution is 5.94. The molecule has 20 heavy (non-hydrogen) atoms. The van der Waals surface area contributed by atoms with Crippen LogP contribution in [0.2, 0.25) is 0 Å². The Morgan fingerprint density at radius 1 is 1.40 bits per heavy atom. The second-order valence-corrected chi connectivity index (χ2v) is 5.11. The summed E-state index contributed by atoms with van der Waals surface area (Å²) < 4.78 is 10.1. The van der Waals surface area contributed by atoms with Crippen LogP contribution >= 0.6 is 0 Å². The molecule has 5 nitrogen and oxygen atoms in total. The van der Waals surface area contributed by atoms with Gasteiger partial charge < -0.3 is 19.9 Å². The highest BCUT2D eigenvalue weighted by Gasteiger charge is 2.21. The number of benzene rings is 1. The lowest BCUT2D eigenvalue weighted by molar-refractivity contribution is 0.0243. The van der Waals surface area contributed by atoms with Crippen LogP contribution in [0.1, 0.15) is 29.3 Å². The van der Waals surface area contributed by atoms with E-state index in [2.05, 4.69) is 5.32 Å². The van der Waals surface area contributed by atoms with Crippen molar-refractivity contribution < 1.29 is 19.4 Å². The standard InChI is InChI=1S/C15H23NO4/c1-11-5-6-12(9-13(11)20-4)14(17)16-10-15(2,18)7-8-19-3/h5-6,9,18H,7-8,10H2,1-4H3,(H,16,17). The van der Waals surface area contributed by atoms with Crippen molar-refractivity contribution in [2.45, 2.75) is 25.9 Å². The largest absolute Gasteiger partial charge is 0.496 e. The number of hydrogen-bond acceptors (Lipinski definition) is 4. The molecule has 1 atom stereocenters. The molecular weight excluding hydrogens is 258 g/mol. The van der Waals surface area contributed by atoms with E-state index < -0.39 is 5.60 Å². The first-order valence-corrected chi connectivity index (χ1v) is 6.54. The summed E-state index contributed by atoms with van der Waals surface area (Å²) in [5, 5.41) is 12.8. The van der Waals surface area contributed by atoms with Gasteiger partial charge in [0.25, 0.3) is 5.91 Å². The smallest absolute Gasteiger partial charge is 0.251 e. The maximum absolute atomic E-state index is 12.0. The van der Waals surface area contributed by atoms with Gasteiger partial charge in [0.05, 0.1) is 12.7 Å². The van der Waals surface area contributed by atoms with E-state index in [4.69, 9.17) is 9.47 Å². The zero-order valence-corrected chi connectivity index (χ0v) is 12.5. The average molecular weight is 281 g/mol. The highest BCUT2D eigenvalue weighted by atomic mass is 16.5. The van der Waals surface area contributed by atoms with E-state index in [1.54, 1.807) is 33.3 Å². The first kappa shape index (κ1) is 16.5. The first-order valence-electron chi connectivity index (χ1n) is 6.54. The number of carbonyl (C=O) groups excluding carboxylic acids is 1. The van der Waals surface area contributed by atoms with Crippen molar-refractivity contribution in [3.8, 4) is 5.75 Å². The number of ether oxygens (including phenoxy) is 2. The molecule has 0 aliphatic carbocycles. The van der Waals surface area contributed by atoms with E-state index in [9.17, 15) is 9.90 Å². The Bertz CT molecular complexity index is 457. The molecule has 2 N–H and O–H groups in total. The van der Waals surface area contributed by atoms with Gasteiger partial charge in [-0.25, -0.2) is 0 Å². The fraction of sp³-hybridized carbons (Fsp3) is 0.533. The van der Waals surface area contributed by atoms with Gasteiger partial charge in [0.15, 0.2) is 0 Å². The molecule has 112 valence electrons. The molecule has 0 fully saturated rings. The Balaban J connectivity index is 2.63. The Morgan fingerprint density at radius 3 is 2.70 bits per heavy atom.